The van der Waals surface area contributed by atoms with Gasteiger partial charge in [0.2, 0.25) is 0 Å². The standard InChI is InChI=1S/C42H26N4O2/c1-2-12-26(13-3-1)40-44-41(31-17-10-20-35-37(31)29-15-6-8-18-33(29)47-35)46-42(45-40)39-38-30-16-7-9-19-34(30)48-36(38)24-32(43-39)28-22-21-25-11-4-5-14-27(25)23-28/h1-24,40H,(H,44,45,46). The molecule has 3 aromatic heterocycles. The van der Waals surface area contributed by atoms with Gasteiger partial charge in [0.05, 0.1) is 11.1 Å². The molecule has 0 fully saturated rings. The number of aliphatic imine (C=N–C) groups is 2. The maximum Gasteiger partial charge on any atom is 0.178 e. The Labute approximate surface area is 274 Å². The second kappa shape index (κ2) is 10.5. The summed E-state index contributed by atoms with van der Waals surface area (Å²) in [5.74, 6) is 1.23. The van der Waals surface area contributed by atoms with Crippen LogP contribution in [0.4, 0.5) is 0 Å². The first-order valence-corrected chi connectivity index (χ1v) is 16.0. The number of benzene rings is 6. The van der Waals surface area contributed by atoms with Crippen molar-refractivity contribution in [3.05, 3.63) is 162 Å². The molecule has 0 spiro atoms. The number of nitrogens with zero attached hydrogens (tertiary/aromatic N) is 3. The van der Waals surface area contributed by atoms with Crippen LogP contribution in [-0.2, 0) is 0 Å². The lowest BCUT2D eigenvalue weighted by molar-refractivity contribution is 0.667. The van der Waals surface area contributed by atoms with E-state index in [4.69, 9.17) is 23.8 Å². The molecule has 6 heteroatoms. The van der Waals surface area contributed by atoms with Gasteiger partial charge in [0, 0.05) is 33.4 Å². The molecule has 0 saturated carbocycles. The summed E-state index contributed by atoms with van der Waals surface area (Å²) in [4.78, 5) is 15.8. The van der Waals surface area contributed by atoms with E-state index in [0.717, 1.165) is 71.6 Å². The van der Waals surface area contributed by atoms with Gasteiger partial charge in [-0.05, 0) is 40.6 Å². The van der Waals surface area contributed by atoms with Crippen molar-refractivity contribution in [3.63, 3.8) is 0 Å². The van der Waals surface area contributed by atoms with Gasteiger partial charge in [-0.25, -0.2) is 15.0 Å². The predicted octanol–water partition coefficient (Wildman–Crippen LogP) is 10.2. The highest BCUT2D eigenvalue weighted by atomic mass is 16.3. The number of para-hydroxylation sites is 2. The molecular weight excluding hydrogens is 592 g/mol. The SMILES string of the molecule is c1ccc(C2N=C(c3nc(-c4ccc5ccccc5c4)cc4oc5ccccc5c34)N=C(c3cccc4oc5ccccc5c34)N2)cc1. The van der Waals surface area contributed by atoms with E-state index in [-0.39, 0.29) is 0 Å². The zero-order valence-electron chi connectivity index (χ0n) is 25.6. The first kappa shape index (κ1) is 26.7. The highest BCUT2D eigenvalue weighted by molar-refractivity contribution is 6.24. The van der Waals surface area contributed by atoms with E-state index in [1.54, 1.807) is 0 Å². The van der Waals surface area contributed by atoms with Crippen LogP contribution < -0.4 is 5.32 Å². The van der Waals surface area contributed by atoms with Gasteiger partial charge in [-0.3, -0.25) is 0 Å². The third-order valence-electron chi connectivity index (χ3n) is 9.13. The van der Waals surface area contributed by atoms with Crippen LogP contribution in [0.3, 0.4) is 0 Å². The van der Waals surface area contributed by atoms with Gasteiger partial charge in [-0.1, -0.05) is 115 Å². The Balaban J connectivity index is 1.25. The fourth-order valence-corrected chi connectivity index (χ4v) is 6.87. The molecule has 4 heterocycles. The quantitative estimate of drug-likeness (QED) is 0.213. The van der Waals surface area contributed by atoms with Crippen molar-refractivity contribution >= 4 is 66.3 Å². The summed E-state index contributed by atoms with van der Waals surface area (Å²) in [5, 5.41) is 9.86. The topological polar surface area (TPSA) is 75.9 Å². The molecule has 1 atom stereocenters. The third kappa shape index (κ3) is 4.23. The molecule has 1 aliphatic heterocycles. The maximum absolute atomic E-state index is 6.48. The molecule has 48 heavy (non-hydrogen) atoms. The number of hydrogen-bond acceptors (Lipinski definition) is 6. The Bertz CT molecular complexity index is 2770. The van der Waals surface area contributed by atoms with Crippen LogP contribution in [0.5, 0.6) is 0 Å². The molecule has 1 aliphatic rings. The van der Waals surface area contributed by atoms with Crippen molar-refractivity contribution in [2.45, 2.75) is 6.17 Å². The van der Waals surface area contributed by atoms with Crippen LogP contribution in [0.1, 0.15) is 23.0 Å². The first-order chi connectivity index (χ1) is 23.8. The second-order valence-corrected chi connectivity index (χ2v) is 12.0. The van der Waals surface area contributed by atoms with Crippen molar-refractivity contribution in [1.29, 1.82) is 0 Å². The van der Waals surface area contributed by atoms with Gasteiger partial charge >= 0.3 is 0 Å². The maximum atomic E-state index is 6.48. The molecule has 10 rings (SSSR count). The molecule has 6 nitrogen and oxygen atoms in total. The van der Waals surface area contributed by atoms with Crippen LogP contribution in [-0.4, -0.2) is 16.7 Å². The van der Waals surface area contributed by atoms with Gasteiger partial charge in [0.1, 0.15) is 40.0 Å². The molecule has 0 radical (unpaired) electrons. The Kier molecular flexibility index (Phi) is 5.84. The number of rotatable bonds is 4. The number of furan rings is 2. The van der Waals surface area contributed by atoms with E-state index < -0.39 is 6.17 Å². The molecule has 0 amide bonds. The summed E-state index contributed by atoms with van der Waals surface area (Å²) >= 11 is 0. The van der Waals surface area contributed by atoms with Crippen LogP contribution in [0.25, 0.3) is 65.9 Å². The van der Waals surface area contributed by atoms with Crippen LogP contribution >= 0.6 is 0 Å². The highest BCUT2D eigenvalue weighted by Gasteiger charge is 2.27. The van der Waals surface area contributed by atoms with Gasteiger partial charge in [0.15, 0.2) is 5.84 Å². The molecule has 0 saturated heterocycles. The van der Waals surface area contributed by atoms with E-state index >= 15 is 0 Å². The van der Waals surface area contributed by atoms with Crippen molar-refractivity contribution in [2.75, 3.05) is 0 Å². The smallest absolute Gasteiger partial charge is 0.178 e. The highest BCUT2D eigenvalue weighted by Crippen LogP contribution is 2.37. The largest absolute Gasteiger partial charge is 0.456 e. The Morgan fingerprint density at radius 1 is 0.542 bits per heavy atom. The van der Waals surface area contributed by atoms with Crippen molar-refractivity contribution < 1.29 is 8.83 Å². The van der Waals surface area contributed by atoms with Gasteiger partial charge < -0.3 is 14.2 Å². The molecule has 1 unspecified atom stereocenters. The number of pyridine rings is 1. The minimum Gasteiger partial charge on any atom is -0.456 e. The van der Waals surface area contributed by atoms with E-state index in [1.165, 1.54) is 5.39 Å². The number of nitrogens with one attached hydrogen (secondary N) is 1. The molecule has 226 valence electrons. The first-order valence-electron chi connectivity index (χ1n) is 16.0. The summed E-state index contributed by atoms with van der Waals surface area (Å²) in [6.45, 7) is 0. The predicted molar refractivity (Wildman–Crippen MR) is 194 cm³/mol. The summed E-state index contributed by atoms with van der Waals surface area (Å²) in [7, 11) is 0. The molecule has 0 bridgehead atoms. The second-order valence-electron chi connectivity index (χ2n) is 12.0. The molecule has 9 aromatic rings. The zero-order valence-corrected chi connectivity index (χ0v) is 25.6. The number of aromatic nitrogens is 1. The van der Waals surface area contributed by atoms with Crippen molar-refractivity contribution in [1.82, 2.24) is 10.3 Å². The lowest BCUT2D eigenvalue weighted by atomic mass is 10.0. The minimum absolute atomic E-state index is 0.401. The third-order valence-corrected chi connectivity index (χ3v) is 9.13. The monoisotopic (exact) mass is 618 g/mol. The Morgan fingerprint density at radius 2 is 1.23 bits per heavy atom. The Morgan fingerprint density at radius 3 is 2.06 bits per heavy atom. The molecule has 6 aromatic carbocycles. The summed E-state index contributed by atoms with van der Waals surface area (Å²) in [6, 6.07) is 49.3. The van der Waals surface area contributed by atoms with E-state index in [1.807, 2.05) is 72.8 Å². The van der Waals surface area contributed by atoms with Crippen molar-refractivity contribution in [2.24, 2.45) is 9.98 Å². The number of hydrogen-bond donors (Lipinski definition) is 1. The summed E-state index contributed by atoms with van der Waals surface area (Å²) in [5.41, 5.74) is 7.57. The van der Waals surface area contributed by atoms with Gasteiger partial charge in [-0.2, -0.15) is 0 Å². The van der Waals surface area contributed by atoms with E-state index in [0.29, 0.717) is 17.4 Å². The molecule has 1 N–H and O–H groups in total. The minimum atomic E-state index is -0.401. The lowest BCUT2D eigenvalue weighted by Gasteiger charge is -2.24. The van der Waals surface area contributed by atoms with E-state index in [9.17, 15) is 0 Å². The van der Waals surface area contributed by atoms with Gasteiger partial charge in [0.25, 0.3) is 0 Å². The average molecular weight is 619 g/mol. The fourth-order valence-electron chi connectivity index (χ4n) is 6.87. The fraction of sp³-hybridized carbons (Fsp3) is 0.0238. The Hall–Kier alpha value is -6.53. The molecule has 0 aliphatic carbocycles. The van der Waals surface area contributed by atoms with Gasteiger partial charge in [-0.15, -0.1) is 0 Å². The zero-order chi connectivity index (χ0) is 31.6. The summed E-state index contributed by atoms with van der Waals surface area (Å²) < 4.78 is 12.7. The average Bonchev–Trinajstić information content (AvgIpc) is 3.73. The van der Waals surface area contributed by atoms with Crippen molar-refractivity contribution in [3.8, 4) is 11.3 Å². The number of fused-ring (bicyclic) bond motifs is 7. The summed E-state index contributed by atoms with van der Waals surface area (Å²) in [6.07, 6.45) is -0.401. The van der Waals surface area contributed by atoms with Crippen LogP contribution in [0, 0.1) is 0 Å². The van der Waals surface area contributed by atoms with Crippen LogP contribution in [0.2, 0.25) is 0 Å². The molecular formula is C42H26N4O2. The number of amidine groups is 2. The normalized spacial score (nSPS) is 14.9. The lowest BCUT2D eigenvalue weighted by Crippen LogP contribution is -2.34. The van der Waals surface area contributed by atoms with E-state index in [2.05, 4.69) is 78.1 Å². The van der Waals surface area contributed by atoms with Crippen LogP contribution in [0.15, 0.2) is 164 Å².